The number of hydrogen-bond donors (Lipinski definition) is 17. The number of amides is 7. The first-order valence-corrected chi connectivity index (χ1v) is 30.4. The van der Waals surface area contributed by atoms with Gasteiger partial charge in [-0.05, 0) is 66.1 Å². The number of nitrogens with one attached hydrogen (secondary N) is 7. The molecule has 0 saturated carbocycles. The zero-order valence-electron chi connectivity index (χ0n) is 49.3. The minimum Gasteiger partial charge on any atom is -0.441 e. The van der Waals surface area contributed by atoms with E-state index in [1.165, 1.54) is 62.9 Å². The Bertz CT molecular complexity index is 2980. The molecule has 0 radical (unpaired) electrons. The van der Waals surface area contributed by atoms with E-state index in [2.05, 4.69) is 61.8 Å². The second kappa shape index (κ2) is 34.2. The van der Waals surface area contributed by atoms with Gasteiger partial charge < -0.3 is 114 Å². The smallest absolute Gasteiger partial charge is 0.404 e. The molecule has 0 bridgehead atoms. The number of unbranched alkanes of at least 4 members (excludes halogenated alkanes) is 1. The molecular weight excluding hydrogens is 1210 g/mol. The number of carbonyl (C=O) groups excluding carboxylic acids is 7. The number of aliphatic hydroxyl groups is 6. The number of nitrogens with two attached hydrogens (primary N) is 4. The number of anilines is 1. The van der Waals surface area contributed by atoms with E-state index in [0.29, 0.717) is 28.8 Å². The third-order valence-corrected chi connectivity index (χ3v) is 16.0. The number of aliphatic hydroxyl groups excluding tert-OH is 6. The number of H-pyrrole nitrogens is 1. The Balaban J connectivity index is 1.14. The number of carbonyl (C=O) groups is 7. The maximum atomic E-state index is 14.9. The number of ether oxygens (including phenoxy) is 5. The quantitative estimate of drug-likeness (QED) is 0.0196. The molecule has 2 saturated heterocycles. The molecular formula is C53H80N16O18S2. The van der Waals surface area contributed by atoms with Crippen LogP contribution in [0.15, 0.2) is 23.3 Å². The van der Waals surface area contributed by atoms with Crippen molar-refractivity contribution in [1.82, 2.24) is 61.8 Å². The van der Waals surface area contributed by atoms with E-state index in [4.69, 9.17) is 46.6 Å². The van der Waals surface area contributed by atoms with E-state index in [-0.39, 0.29) is 72.4 Å². The molecule has 0 spiro atoms. The minimum absolute atomic E-state index is 0.0297. The van der Waals surface area contributed by atoms with Crippen LogP contribution in [0.2, 0.25) is 0 Å². The Morgan fingerprint density at radius 1 is 0.809 bits per heavy atom. The molecule has 4 aromatic heterocycles. The number of aryl methyl sites for hydroxylation is 1. The molecule has 89 heavy (non-hydrogen) atoms. The number of hydrogen-bond acceptors (Lipinski definition) is 28. The van der Waals surface area contributed by atoms with Gasteiger partial charge in [0.2, 0.25) is 23.6 Å². The second-order valence-corrected chi connectivity index (χ2v) is 23.1. The molecule has 2 fully saturated rings. The van der Waals surface area contributed by atoms with E-state index in [1.54, 1.807) is 10.8 Å². The molecule has 2 aliphatic rings. The van der Waals surface area contributed by atoms with E-state index in [1.807, 2.05) is 0 Å². The van der Waals surface area contributed by atoms with Gasteiger partial charge >= 0.3 is 6.09 Å². The van der Waals surface area contributed by atoms with Crippen molar-refractivity contribution in [1.29, 1.82) is 0 Å². The van der Waals surface area contributed by atoms with Crippen LogP contribution in [-0.2, 0) is 55.7 Å². The van der Waals surface area contributed by atoms with Crippen molar-refractivity contribution in [3.8, 4) is 10.7 Å². The third-order valence-electron chi connectivity index (χ3n) is 14.2. The molecule has 1 unspecified atom stereocenters. The Kier molecular flexibility index (Phi) is 27.3. The lowest BCUT2D eigenvalue weighted by Gasteiger charge is -2.45. The zero-order chi connectivity index (χ0) is 65.1. The summed E-state index contributed by atoms with van der Waals surface area (Å²) in [6.07, 6.45) is -16.3. The summed E-state index contributed by atoms with van der Waals surface area (Å²) in [4.78, 5) is 117. The highest BCUT2D eigenvalue weighted by Gasteiger charge is 2.52. The molecule has 2 aliphatic heterocycles. The zero-order valence-corrected chi connectivity index (χ0v) is 50.9. The van der Waals surface area contributed by atoms with Gasteiger partial charge in [-0.25, -0.2) is 29.7 Å². The fraction of sp³-hybridized carbons (Fsp3) is 0.623. The lowest BCUT2D eigenvalue weighted by molar-refractivity contribution is -0.361. The molecule has 36 heteroatoms. The first-order chi connectivity index (χ1) is 42.4. The summed E-state index contributed by atoms with van der Waals surface area (Å²) >= 11 is 2.59. The number of thiazole rings is 2. The molecule has 34 nitrogen and oxygen atoms in total. The second-order valence-electron chi connectivity index (χ2n) is 21.3. The maximum absolute atomic E-state index is 14.9. The summed E-state index contributed by atoms with van der Waals surface area (Å²) in [5.41, 5.74) is 22.7. The topological polar surface area (TPSA) is 544 Å². The van der Waals surface area contributed by atoms with Crippen LogP contribution in [0.5, 0.6) is 0 Å². The number of nitrogen functional groups attached to an aromatic ring is 1. The maximum Gasteiger partial charge on any atom is 0.404 e. The molecule has 6 heterocycles. The van der Waals surface area contributed by atoms with Gasteiger partial charge in [0.05, 0.1) is 42.5 Å². The van der Waals surface area contributed by atoms with Crippen molar-refractivity contribution in [2.75, 3.05) is 51.7 Å². The van der Waals surface area contributed by atoms with Gasteiger partial charge in [0.25, 0.3) is 11.8 Å². The van der Waals surface area contributed by atoms with Crippen LogP contribution in [0, 0.1) is 12.8 Å². The average molecular weight is 1290 g/mol. The lowest BCUT2D eigenvalue weighted by atomic mass is 9.98. The van der Waals surface area contributed by atoms with Crippen molar-refractivity contribution in [2.45, 2.75) is 158 Å². The number of aromatic amines is 1. The van der Waals surface area contributed by atoms with Gasteiger partial charge in [-0.2, -0.15) is 0 Å². The van der Waals surface area contributed by atoms with Crippen LogP contribution >= 0.6 is 22.7 Å². The summed E-state index contributed by atoms with van der Waals surface area (Å²) in [7, 11) is 0. The van der Waals surface area contributed by atoms with Crippen LogP contribution in [-0.4, -0.2) is 228 Å². The monoisotopic (exact) mass is 1290 g/mol. The minimum atomic E-state index is -2.06. The first-order valence-electron chi connectivity index (χ1n) is 28.6. The fourth-order valence-electron chi connectivity index (χ4n) is 9.34. The normalized spacial score (nSPS) is 23.0. The van der Waals surface area contributed by atoms with Gasteiger partial charge in [0, 0.05) is 60.6 Å². The van der Waals surface area contributed by atoms with Crippen molar-refractivity contribution in [3.63, 3.8) is 0 Å². The summed E-state index contributed by atoms with van der Waals surface area (Å²) in [6, 6.07) is -4.23. The van der Waals surface area contributed by atoms with Crippen LogP contribution < -0.4 is 54.8 Å². The molecule has 6 rings (SSSR count). The summed E-state index contributed by atoms with van der Waals surface area (Å²) in [5.74, 6) is -5.58. The van der Waals surface area contributed by atoms with Crippen LogP contribution in [0.25, 0.3) is 10.7 Å². The van der Waals surface area contributed by atoms with Gasteiger partial charge in [-0.1, -0.05) is 6.92 Å². The van der Waals surface area contributed by atoms with E-state index < -0.39 is 140 Å². The predicted octanol–water partition coefficient (Wildman–Crippen LogP) is -4.49. The van der Waals surface area contributed by atoms with Gasteiger partial charge in [-0.15, -0.1) is 22.7 Å². The summed E-state index contributed by atoms with van der Waals surface area (Å²) in [5, 5.41) is 86.2. The summed E-state index contributed by atoms with van der Waals surface area (Å²) < 4.78 is 28.6. The van der Waals surface area contributed by atoms with Crippen LogP contribution in [0.3, 0.4) is 0 Å². The highest BCUT2D eigenvalue weighted by atomic mass is 32.1. The fourth-order valence-corrected chi connectivity index (χ4v) is 11.0. The van der Waals surface area contributed by atoms with Crippen molar-refractivity contribution < 1.29 is 87.9 Å². The van der Waals surface area contributed by atoms with Crippen LogP contribution in [0.4, 0.5) is 10.6 Å². The van der Waals surface area contributed by atoms with Gasteiger partial charge in [0.1, 0.15) is 88.5 Å². The predicted molar refractivity (Wildman–Crippen MR) is 314 cm³/mol. The summed E-state index contributed by atoms with van der Waals surface area (Å²) in [6.45, 7) is 7.06. The molecule has 4 aromatic rings. The number of primary amides is 2. The average Bonchev–Trinajstić information content (AvgIpc) is 3.09. The number of rotatable bonds is 34. The highest BCUT2D eigenvalue weighted by molar-refractivity contribution is 7.14. The largest absolute Gasteiger partial charge is 0.441 e. The van der Waals surface area contributed by atoms with E-state index in [0.717, 1.165) is 32.4 Å². The molecule has 7 amide bonds. The Morgan fingerprint density at radius 2 is 1.56 bits per heavy atom. The van der Waals surface area contributed by atoms with Crippen molar-refractivity contribution in [2.24, 2.45) is 23.1 Å². The molecule has 492 valence electrons. The SMILES string of the molecule is Cc1c(N)nc(CCC(N)=O)nc1C(=O)N[C@H](C(=O)N[C@H](C)C[C@H](C)C(=O)NC(C(=O)NCCc1nc(-c2nc(C(=O)NCCCNCCCCN)cs2)cs1)[C@@H](C)O)[C@@H](O[C@@H]1OC[C@@H](O)[C@H](O)[C@@H]1O[C@H]1O[C@H](CO)[C@@H](O)[C@H](OC(N)=O)[C@@H]1O)c1cnc[nH]1. The molecule has 0 aromatic carbocycles. The van der Waals surface area contributed by atoms with E-state index in [9.17, 15) is 64.2 Å². The van der Waals surface area contributed by atoms with Crippen LogP contribution in [0.1, 0.15) is 102 Å². The number of aromatic nitrogens is 6. The van der Waals surface area contributed by atoms with Gasteiger partial charge in [0.15, 0.2) is 18.7 Å². The Labute approximate surface area is 518 Å². The van der Waals surface area contributed by atoms with E-state index >= 15 is 0 Å². The molecule has 15 atom stereocenters. The van der Waals surface area contributed by atoms with Gasteiger partial charge in [-0.3, -0.25) is 28.8 Å². The third kappa shape index (κ3) is 20.2. The first kappa shape index (κ1) is 71.0. The number of nitrogens with zero attached hydrogens (tertiary/aromatic N) is 5. The Hall–Kier alpha value is -7.04. The Morgan fingerprint density at radius 3 is 2.25 bits per heavy atom. The standard InChI is InChI=1S/C53H80N16O18S2/c1-23(45(77)68-36(26(4)71)47(79)61-15-10-34-64-29(21-88-34)50-65-28(20-89-50)46(78)60-14-7-13-58-12-6-5-11-54)16-24(2)63-49(81)37(69-48(80)35-25(3)44(56)67-33(66-35)9-8-32(55)73)41(27-17-59-22-62-27)85-52-43(38(74)30(72)19-83-52)86-51-40(76)42(87-53(57)82)39(75)31(18-70)84-51/h17,20-24,26,30-31,36-43,51-52,58,70-72,74-76H,5-16,18-19,54H2,1-4H3,(H2,55,73)(H2,57,82)(H,59,62)(H,60,78)(H,61,79)(H,63,81)(H,68,77)(H,69,80)(H2,56,66,67)/t23-,24+,26+,30+,31+,36?,37-,38-,39+,40-,41-,42-,43-,51+,52-/m0/s1. The lowest BCUT2D eigenvalue weighted by Crippen LogP contribution is -2.64. The molecule has 0 aliphatic carbocycles. The number of imidazole rings is 1. The van der Waals surface area contributed by atoms with Crippen molar-refractivity contribution >= 4 is 70.0 Å². The van der Waals surface area contributed by atoms with Crippen molar-refractivity contribution in [3.05, 3.63) is 56.8 Å². The molecule has 21 N–H and O–H groups in total. The highest BCUT2D eigenvalue weighted by Crippen LogP contribution is 2.33.